The molecule has 0 unspecified atom stereocenters. The molecule has 4 heterocycles. The Morgan fingerprint density at radius 1 is 1.08 bits per heavy atom. The molecule has 9 heteroatoms. The zero-order valence-electron chi connectivity index (χ0n) is 21.2. The Balaban J connectivity index is 1.48. The van der Waals surface area contributed by atoms with Crippen molar-refractivity contribution in [3.63, 3.8) is 0 Å². The summed E-state index contributed by atoms with van der Waals surface area (Å²) < 4.78 is 3.22. The van der Waals surface area contributed by atoms with Crippen LogP contribution in [0.15, 0.2) is 90.2 Å². The molecule has 0 spiro atoms. The van der Waals surface area contributed by atoms with E-state index < -0.39 is 6.04 Å². The van der Waals surface area contributed by atoms with Crippen molar-refractivity contribution in [2.24, 2.45) is 0 Å². The molecule has 9 nitrogen and oxygen atoms in total. The summed E-state index contributed by atoms with van der Waals surface area (Å²) in [5.41, 5.74) is 3.87. The van der Waals surface area contributed by atoms with Crippen molar-refractivity contribution in [1.29, 1.82) is 0 Å². The van der Waals surface area contributed by atoms with Crippen LogP contribution in [0.5, 0.6) is 0 Å². The fraction of sp³-hybridized carbons (Fsp3) is 0.100. The van der Waals surface area contributed by atoms with E-state index in [0.717, 1.165) is 10.9 Å². The van der Waals surface area contributed by atoms with Gasteiger partial charge >= 0.3 is 0 Å². The highest BCUT2D eigenvalue weighted by Gasteiger charge is 2.23. The number of H-pyrrole nitrogens is 1. The average molecular weight is 514 g/mol. The minimum absolute atomic E-state index is 0.222. The van der Waals surface area contributed by atoms with Gasteiger partial charge in [0, 0.05) is 35.5 Å². The summed E-state index contributed by atoms with van der Waals surface area (Å²) >= 11 is 0. The molecular weight excluding hydrogens is 490 g/mol. The molecule has 4 aromatic heterocycles. The Morgan fingerprint density at radius 2 is 1.92 bits per heavy atom. The van der Waals surface area contributed by atoms with Crippen LogP contribution in [0, 0.1) is 18.8 Å². The standard InChI is InChI=1S/C30H23N7O2/c1-19(34-29(38)26-20(2)35-36-15-7-14-31-28(26)36)25-16-23-9-6-8-22(13-12-21-17-32-33-18-21)27(23)30(39)37(25)24-10-4-3-5-11-24/h3-11,14-19H,1-2H3,(H,32,33)(H,34,38)/t19-/m1/s1. The molecule has 0 aliphatic carbocycles. The third kappa shape index (κ3) is 4.34. The van der Waals surface area contributed by atoms with Gasteiger partial charge in [0.25, 0.3) is 11.5 Å². The summed E-state index contributed by atoms with van der Waals surface area (Å²) in [5.74, 6) is 5.86. The largest absolute Gasteiger partial charge is 0.344 e. The molecule has 0 radical (unpaired) electrons. The first kappa shape index (κ1) is 23.9. The van der Waals surface area contributed by atoms with E-state index in [1.807, 2.05) is 61.5 Å². The van der Waals surface area contributed by atoms with Crippen molar-refractivity contribution >= 4 is 22.3 Å². The lowest BCUT2D eigenvalue weighted by molar-refractivity contribution is 0.0939. The highest BCUT2D eigenvalue weighted by molar-refractivity contribution is 6.01. The van der Waals surface area contributed by atoms with E-state index in [1.54, 1.807) is 46.9 Å². The van der Waals surface area contributed by atoms with Crippen LogP contribution < -0.4 is 10.9 Å². The predicted molar refractivity (Wildman–Crippen MR) is 148 cm³/mol. The number of hydrogen-bond donors (Lipinski definition) is 2. The maximum Gasteiger partial charge on any atom is 0.264 e. The van der Waals surface area contributed by atoms with Crippen molar-refractivity contribution in [3.05, 3.63) is 124 Å². The Hall–Kier alpha value is -5.49. The van der Waals surface area contributed by atoms with Crippen LogP contribution in [0.1, 0.15) is 45.8 Å². The molecule has 0 aliphatic rings. The van der Waals surface area contributed by atoms with Crippen molar-refractivity contribution in [2.75, 3.05) is 0 Å². The lowest BCUT2D eigenvalue weighted by atomic mass is 10.0. The number of fused-ring (bicyclic) bond motifs is 2. The number of aromatic nitrogens is 6. The van der Waals surface area contributed by atoms with Gasteiger partial charge in [-0.2, -0.15) is 10.2 Å². The predicted octanol–water partition coefficient (Wildman–Crippen LogP) is 3.96. The van der Waals surface area contributed by atoms with Gasteiger partial charge in [0.15, 0.2) is 5.65 Å². The zero-order valence-corrected chi connectivity index (χ0v) is 21.2. The normalized spacial score (nSPS) is 11.7. The van der Waals surface area contributed by atoms with E-state index in [0.29, 0.717) is 39.2 Å². The van der Waals surface area contributed by atoms with E-state index in [2.05, 4.69) is 37.4 Å². The van der Waals surface area contributed by atoms with Gasteiger partial charge in [0.2, 0.25) is 0 Å². The molecule has 2 aromatic carbocycles. The number of carbonyl (C=O) groups excluding carboxylic acids is 1. The van der Waals surface area contributed by atoms with Crippen LogP contribution >= 0.6 is 0 Å². The second-order valence-corrected chi connectivity index (χ2v) is 9.10. The van der Waals surface area contributed by atoms with Crippen LogP contribution in [0.2, 0.25) is 0 Å². The second kappa shape index (κ2) is 9.76. The molecule has 39 heavy (non-hydrogen) atoms. The van der Waals surface area contributed by atoms with E-state index in [-0.39, 0.29) is 11.5 Å². The number of amides is 1. The molecule has 6 rings (SSSR count). The van der Waals surface area contributed by atoms with Gasteiger partial charge in [-0.05, 0) is 49.6 Å². The summed E-state index contributed by atoms with van der Waals surface area (Å²) in [6.07, 6.45) is 6.70. The van der Waals surface area contributed by atoms with E-state index in [4.69, 9.17) is 0 Å². The number of aryl methyl sites for hydroxylation is 1. The Labute approximate surface area is 223 Å². The van der Waals surface area contributed by atoms with Crippen molar-refractivity contribution in [1.82, 2.24) is 34.7 Å². The highest BCUT2D eigenvalue weighted by atomic mass is 16.2. The maximum absolute atomic E-state index is 14.1. The smallest absolute Gasteiger partial charge is 0.264 e. The number of nitrogens with one attached hydrogen (secondary N) is 2. The molecular formula is C30H23N7O2. The summed E-state index contributed by atoms with van der Waals surface area (Å²) in [5, 5.41) is 15.4. The minimum atomic E-state index is -0.520. The fourth-order valence-electron chi connectivity index (χ4n) is 4.71. The summed E-state index contributed by atoms with van der Waals surface area (Å²) in [7, 11) is 0. The zero-order chi connectivity index (χ0) is 26.9. The van der Waals surface area contributed by atoms with Gasteiger partial charge in [0.05, 0.1) is 28.9 Å². The monoisotopic (exact) mass is 513 g/mol. The van der Waals surface area contributed by atoms with Crippen LogP contribution in [0.3, 0.4) is 0 Å². The molecule has 0 aliphatic heterocycles. The number of aromatic amines is 1. The van der Waals surface area contributed by atoms with Crippen LogP contribution in [0.25, 0.3) is 22.1 Å². The Kier molecular flexibility index (Phi) is 5.98. The second-order valence-electron chi connectivity index (χ2n) is 9.10. The van der Waals surface area contributed by atoms with Crippen molar-refractivity contribution in [2.45, 2.75) is 19.9 Å². The molecule has 0 saturated carbocycles. The lowest BCUT2D eigenvalue weighted by Gasteiger charge is -2.21. The number of rotatable bonds is 4. The number of benzene rings is 2. The van der Waals surface area contributed by atoms with Crippen LogP contribution in [-0.4, -0.2) is 35.3 Å². The molecule has 0 bridgehead atoms. The molecule has 1 amide bonds. The molecule has 190 valence electrons. The van der Waals surface area contributed by atoms with Gasteiger partial charge in [-0.25, -0.2) is 9.50 Å². The maximum atomic E-state index is 14.1. The Bertz CT molecular complexity index is 1960. The summed E-state index contributed by atoms with van der Waals surface area (Å²) in [4.78, 5) is 31.9. The van der Waals surface area contributed by atoms with E-state index in [9.17, 15) is 9.59 Å². The molecule has 6 aromatic rings. The first-order valence-electron chi connectivity index (χ1n) is 12.4. The SMILES string of the molecule is Cc1nn2cccnc2c1C(=O)N[C@H](C)c1cc2cccc(C#Cc3cn[nH]c3)c2c(=O)n1-c1ccccc1. The first-order valence-corrected chi connectivity index (χ1v) is 12.4. The number of nitrogens with zero attached hydrogens (tertiary/aromatic N) is 5. The number of pyridine rings is 1. The van der Waals surface area contributed by atoms with Gasteiger partial charge in [-0.15, -0.1) is 0 Å². The summed E-state index contributed by atoms with van der Waals surface area (Å²) in [6, 6.07) is 18.1. The molecule has 2 N–H and O–H groups in total. The average Bonchev–Trinajstić information content (AvgIpc) is 3.59. The minimum Gasteiger partial charge on any atom is -0.344 e. The molecule has 0 fully saturated rings. The van der Waals surface area contributed by atoms with Gasteiger partial charge < -0.3 is 5.32 Å². The first-order chi connectivity index (χ1) is 19.0. The van der Waals surface area contributed by atoms with Gasteiger partial charge in [-0.3, -0.25) is 19.3 Å². The third-order valence-corrected chi connectivity index (χ3v) is 6.52. The van der Waals surface area contributed by atoms with Gasteiger partial charge in [-0.1, -0.05) is 42.2 Å². The van der Waals surface area contributed by atoms with E-state index in [1.165, 1.54) is 0 Å². The number of para-hydroxylation sites is 1. The number of carbonyl (C=O) groups is 1. The molecule has 0 saturated heterocycles. The quantitative estimate of drug-likeness (QED) is 0.347. The van der Waals surface area contributed by atoms with Crippen molar-refractivity contribution in [3.8, 4) is 17.5 Å². The van der Waals surface area contributed by atoms with Gasteiger partial charge in [0.1, 0.15) is 5.56 Å². The topological polar surface area (TPSA) is 110 Å². The third-order valence-electron chi connectivity index (χ3n) is 6.52. The Morgan fingerprint density at radius 3 is 2.72 bits per heavy atom. The molecule has 1 atom stereocenters. The van der Waals surface area contributed by atoms with Crippen molar-refractivity contribution < 1.29 is 4.79 Å². The van der Waals surface area contributed by atoms with Crippen LogP contribution in [-0.2, 0) is 0 Å². The summed E-state index contributed by atoms with van der Waals surface area (Å²) in [6.45, 7) is 3.63. The highest BCUT2D eigenvalue weighted by Crippen LogP contribution is 2.24. The lowest BCUT2D eigenvalue weighted by Crippen LogP contribution is -2.32. The fourth-order valence-corrected chi connectivity index (χ4v) is 4.71. The van der Waals surface area contributed by atoms with E-state index >= 15 is 0 Å². The number of hydrogen-bond acceptors (Lipinski definition) is 5. The van der Waals surface area contributed by atoms with Crippen LogP contribution in [0.4, 0.5) is 0 Å².